The van der Waals surface area contributed by atoms with Crippen molar-refractivity contribution in [3.63, 3.8) is 0 Å². The third-order valence-electron chi connectivity index (χ3n) is 2.87. The van der Waals surface area contributed by atoms with Crippen molar-refractivity contribution in [2.45, 2.75) is 38.1 Å². The highest BCUT2D eigenvalue weighted by Crippen LogP contribution is 2.20. The fraction of sp³-hybridized carbons (Fsp3) is 0.500. The Balaban J connectivity index is 0.00000128. The standard InChI is InChI=1S/C12H17N3.ClH/c13-12(10-6-8-14-9-7-10)15-11-4-2-1-3-5-11;/h6-9,11H,1-5H2,(H2,13,15);1H. The molecule has 1 aliphatic carbocycles. The molecule has 1 saturated carbocycles. The van der Waals surface area contributed by atoms with Crippen molar-refractivity contribution in [1.82, 2.24) is 4.98 Å². The van der Waals surface area contributed by atoms with Gasteiger partial charge in [-0.05, 0) is 25.0 Å². The number of aromatic nitrogens is 1. The zero-order valence-electron chi connectivity index (χ0n) is 9.30. The largest absolute Gasteiger partial charge is 0.383 e. The molecule has 1 aromatic rings. The predicted molar refractivity (Wildman–Crippen MR) is 69.1 cm³/mol. The van der Waals surface area contributed by atoms with Crippen molar-refractivity contribution in [3.05, 3.63) is 30.1 Å². The van der Waals surface area contributed by atoms with Crippen molar-refractivity contribution in [2.24, 2.45) is 10.7 Å². The minimum Gasteiger partial charge on any atom is -0.383 e. The number of hydrogen-bond donors (Lipinski definition) is 1. The van der Waals surface area contributed by atoms with Gasteiger partial charge in [0.2, 0.25) is 0 Å². The van der Waals surface area contributed by atoms with Gasteiger partial charge in [0.15, 0.2) is 0 Å². The van der Waals surface area contributed by atoms with E-state index in [1.807, 2.05) is 12.1 Å². The molecule has 0 atom stereocenters. The minimum atomic E-state index is 0. The van der Waals surface area contributed by atoms with Gasteiger partial charge in [0, 0.05) is 18.0 Å². The third-order valence-corrected chi connectivity index (χ3v) is 2.87. The smallest absolute Gasteiger partial charge is 0.126 e. The van der Waals surface area contributed by atoms with Crippen LogP contribution in [-0.2, 0) is 0 Å². The highest BCUT2D eigenvalue weighted by atomic mass is 35.5. The summed E-state index contributed by atoms with van der Waals surface area (Å²) in [5.74, 6) is 0.657. The van der Waals surface area contributed by atoms with Gasteiger partial charge in [-0.2, -0.15) is 0 Å². The van der Waals surface area contributed by atoms with Crippen LogP contribution in [0.3, 0.4) is 0 Å². The lowest BCUT2D eigenvalue weighted by Gasteiger charge is -2.18. The van der Waals surface area contributed by atoms with Crippen LogP contribution >= 0.6 is 12.4 Å². The van der Waals surface area contributed by atoms with E-state index in [2.05, 4.69) is 9.98 Å². The summed E-state index contributed by atoms with van der Waals surface area (Å²) in [5, 5.41) is 0. The van der Waals surface area contributed by atoms with Gasteiger partial charge < -0.3 is 5.73 Å². The zero-order valence-corrected chi connectivity index (χ0v) is 10.1. The fourth-order valence-corrected chi connectivity index (χ4v) is 2.00. The summed E-state index contributed by atoms with van der Waals surface area (Å²) in [5.41, 5.74) is 6.93. The quantitative estimate of drug-likeness (QED) is 0.637. The molecule has 3 nitrogen and oxygen atoms in total. The average molecular weight is 240 g/mol. The topological polar surface area (TPSA) is 51.3 Å². The second-order valence-electron chi connectivity index (χ2n) is 4.04. The van der Waals surface area contributed by atoms with Gasteiger partial charge >= 0.3 is 0 Å². The molecule has 0 radical (unpaired) electrons. The molecule has 2 N–H and O–H groups in total. The third kappa shape index (κ3) is 3.49. The molecule has 1 heterocycles. The lowest BCUT2D eigenvalue weighted by atomic mass is 9.96. The van der Waals surface area contributed by atoms with E-state index < -0.39 is 0 Å². The number of pyridine rings is 1. The fourth-order valence-electron chi connectivity index (χ4n) is 2.00. The predicted octanol–water partition coefficient (Wildman–Crippen LogP) is 2.54. The van der Waals surface area contributed by atoms with E-state index in [-0.39, 0.29) is 12.4 Å². The summed E-state index contributed by atoms with van der Waals surface area (Å²) in [4.78, 5) is 8.54. The van der Waals surface area contributed by atoms with Gasteiger partial charge in [0.05, 0.1) is 6.04 Å². The van der Waals surface area contributed by atoms with E-state index in [1.165, 1.54) is 32.1 Å². The maximum atomic E-state index is 5.95. The van der Waals surface area contributed by atoms with Gasteiger partial charge in [0.25, 0.3) is 0 Å². The van der Waals surface area contributed by atoms with E-state index in [4.69, 9.17) is 5.73 Å². The zero-order chi connectivity index (χ0) is 10.5. The lowest BCUT2D eigenvalue weighted by Crippen LogP contribution is -2.19. The number of nitrogens with zero attached hydrogens (tertiary/aromatic N) is 2. The SMILES string of the molecule is Cl.NC(=NC1CCCCC1)c1ccncc1. The van der Waals surface area contributed by atoms with Gasteiger partial charge in [-0.15, -0.1) is 12.4 Å². The molecule has 0 aliphatic heterocycles. The van der Waals surface area contributed by atoms with Crippen LogP contribution in [0.15, 0.2) is 29.5 Å². The van der Waals surface area contributed by atoms with Crippen molar-refractivity contribution >= 4 is 18.2 Å². The summed E-state index contributed by atoms with van der Waals surface area (Å²) in [6, 6.07) is 4.25. The number of nitrogens with two attached hydrogens (primary N) is 1. The Bertz CT molecular complexity index is 331. The van der Waals surface area contributed by atoms with Gasteiger partial charge in [-0.3, -0.25) is 9.98 Å². The average Bonchev–Trinajstić information content (AvgIpc) is 2.31. The van der Waals surface area contributed by atoms with Crippen LogP contribution in [0.25, 0.3) is 0 Å². The number of amidine groups is 1. The highest BCUT2D eigenvalue weighted by Gasteiger charge is 2.12. The van der Waals surface area contributed by atoms with E-state index in [9.17, 15) is 0 Å². The molecular formula is C12H18ClN3. The highest BCUT2D eigenvalue weighted by molar-refractivity contribution is 5.97. The Hall–Kier alpha value is -1.09. The lowest BCUT2D eigenvalue weighted by molar-refractivity contribution is 0.443. The maximum absolute atomic E-state index is 5.95. The Morgan fingerprint density at radius 3 is 2.44 bits per heavy atom. The number of hydrogen-bond acceptors (Lipinski definition) is 2. The maximum Gasteiger partial charge on any atom is 0.126 e. The molecule has 0 unspecified atom stereocenters. The van der Waals surface area contributed by atoms with Crippen molar-refractivity contribution < 1.29 is 0 Å². The van der Waals surface area contributed by atoms with Crippen LogP contribution in [0.4, 0.5) is 0 Å². The van der Waals surface area contributed by atoms with E-state index in [1.54, 1.807) is 12.4 Å². The molecule has 2 rings (SSSR count). The van der Waals surface area contributed by atoms with Crippen molar-refractivity contribution in [3.8, 4) is 0 Å². The first-order chi connectivity index (χ1) is 7.36. The first-order valence-electron chi connectivity index (χ1n) is 5.60. The number of rotatable bonds is 2. The summed E-state index contributed by atoms with van der Waals surface area (Å²) >= 11 is 0. The first kappa shape index (κ1) is 13.0. The second kappa shape index (κ2) is 6.48. The Kier molecular flexibility index (Phi) is 5.26. The first-order valence-corrected chi connectivity index (χ1v) is 5.60. The van der Waals surface area contributed by atoms with Gasteiger partial charge in [-0.25, -0.2) is 0 Å². The molecule has 16 heavy (non-hydrogen) atoms. The molecule has 4 heteroatoms. The van der Waals surface area contributed by atoms with Gasteiger partial charge in [0.1, 0.15) is 5.84 Å². The molecule has 0 saturated heterocycles. The second-order valence-corrected chi connectivity index (χ2v) is 4.04. The van der Waals surface area contributed by atoms with Crippen LogP contribution in [0.1, 0.15) is 37.7 Å². The van der Waals surface area contributed by atoms with Crippen molar-refractivity contribution in [2.75, 3.05) is 0 Å². The van der Waals surface area contributed by atoms with Crippen LogP contribution < -0.4 is 5.73 Å². The van der Waals surface area contributed by atoms with Crippen LogP contribution in [0, 0.1) is 0 Å². The molecule has 88 valence electrons. The molecule has 1 aromatic heterocycles. The molecule has 0 amide bonds. The molecule has 1 aliphatic rings. The normalized spacial score (nSPS) is 17.9. The summed E-state index contributed by atoms with van der Waals surface area (Å²) in [6.45, 7) is 0. The summed E-state index contributed by atoms with van der Waals surface area (Å²) < 4.78 is 0. The number of aliphatic imine (C=N–C) groups is 1. The van der Waals surface area contributed by atoms with Gasteiger partial charge in [-0.1, -0.05) is 19.3 Å². The molecule has 0 bridgehead atoms. The number of halogens is 1. The monoisotopic (exact) mass is 239 g/mol. The minimum absolute atomic E-state index is 0. The van der Waals surface area contributed by atoms with Crippen molar-refractivity contribution in [1.29, 1.82) is 0 Å². The Morgan fingerprint density at radius 1 is 1.19 bits per heavy atom. The molecular weight excluding hydrogens is 222 g/mol. The Labute approximate surface area is 103 Å². The Morgan fingerprint density at radius 2 is 1.81 bits per heavy atom. The van der Waals surface area contributed by atoms with Crippen LogP contribution in [0.2, 0.25) is 0 Å². The van der Waals surface area contributed by atoms with E-state index >= 15 is 0 Å². The summed E-state index contributed by atoms with van der Waals surface area (Å²) in [6.07, 6.45) is 9.80. The molecule has 0 spiro atoms. The van der Waals surface area contributed by atoms with E-state index in [0.717, 1.165) is 5.56 Å². The molecule has 1 fully saturated rings. The summed E-state index contributed by atoms with van der Waals surface area (Å²) in [7, 11) is 0. The van der Waals surface area contributed by atoms with E-state index in [0.29, 0.717) is 11.9 Å². The van der Waals surface area contributed by atoms with Crippen LogP contribution in [0.5, 0.6) is 0 Å². The van der Waals surface area contributed by atoms with Crippen LogP contribution in [-0.4, -0.2) is 16.9 Å². The molecule has 0 aromatic carbocycles.